The number of furan rings is 1. The fraction of sp³-hybridized carbons (Fsp3) is 0.227. The molecule has 0 saturated heterocycles. The lowest BCUT2D eigenvalue weighted by Crippen LogP contribution is -2.35. The molecule has 0 saturated carbocycles. The summed E-state index contributed by atoms with van der Waals surface area (Å²) in [6.45, 7) is 5.89. The van der Waals surface area contributed by atoms with Gasteiger partial charge in [0.25, 0.3) is 11.5 Å². The molecular formula is C22H21N3O4S. The third-order valence-electron chi connectivity index (χ3n) is 4.76. The summed E-state index contributed by atoms with van der Waals surface area (Å²) in [7, 11) is 0. The number of hydrogen-bond donors (Lipinski definition) is 1. The van der Waals surface area contributed by atoms with Crippen LogP contribution in [0.15, 0.2) is 57.5 Å². The Bertz CT molecular complexity index is 1260. The van der Waals surface area contributed by atoms with Crippen molar-refractivity contribution in [2.24, 2.45) is 0 Å². The average molecular weight is 423 g/mol. The minimum atomic E-state index is -0.456. The van der Waals surface area contributed by atoms with Gasteiger partial charge in [-0.25, -0.2) is 9.66 Å². The highest BCUT2D eigenvalue weighted by atomic mass is 32.1. The van der Waals surface area contributed by atoms with Gasteiger partial charge >= 0.3 is 0 Å². The van der Waals surface area contributed by atoms with E-state index in [2.05, 4.69) is 24.3 Å². The summed E-state index contributed by atoms with van der Waals surface area (Å²) in [6, 6.07) is 9.48. The second-order valence-corrected chi connectivity index (χ2v) is 8.09. The molecule has 1 amide bonds. The van der Waals surface area contributed by atoms with Crippen LogP contribution < -0.4 is 15.7 Å². The van der Waals surface area contributed by atoms with E-state index in [1.54, 1.807) is 18.4 Å². The number of nitrogens with zero attached hydrogens (tertiary/aromatic N) is 2. The fourth-order valence-corrected chi connectivity index (χ4v) is 3.95. The van der Waals surface area contributed by atoms with Crippen LogP contribution in [0.4, 0.5) is 0 Å². The summed E-state index contributed by atoms with van der Waals surface area (Å²) < 4.78 is 12.2. The van der Waals surface area contributed by atoms with Crippen molar-refractivity contribution in [1.29, 1.82) is 0 Å². The van der Waals surface area contributed by atoms with Crippen molar-refractivity contribution in [3.05, 3.63) is 69.8 Å². The Morgan fingerprint density at radius 3 is 2.90 bits per heavy atom. The molecule has 3 heterocycles. The van der Waals surface area contributed by atoms with Gasteiger partial charge in [-0.3, -0.25) is 15.0 Å². The van der Waals surface area contributed by atoms with Crippen LogP contribution in [0.2, 0.25) is 0 Å². The minimum absolute atomic E-state index is 0.221. The number of amides is 1. The Kier molecular flexibility index (Phi) is 5.41. The van der Waals surface area contributed by atoms with Gasteiger partial charge in [0.2, 0.25) is 0 Å². The van der Waals surface area contributed by atoms with Gasteiger partial charge in [0.1, 0.15) is 22.7 Å². The first-order valence-electron chi connectivity index (χ1n) is 9.50. The van der Waals surface area contributed by atoms with Gasteiger partial charge in [-0.15, -0.1) is 11.3 Å². The molecule has 0 spiro atoms. The first-order chi connectivity index (χ1) is 14.4. The monoisotopic (exact) mass is 423 g/mol. The van der Waals surface area contributed by atoms with E-state index in [-0.39, 0.29) is 12.2 Å². The molecule has 8 heteroatoms. The van der Waals surface area contributed by atoms with E-state index in [0.717, 1.165) is 15.8 Å². The number of aromatic nitrogens is 2. The van der Waals surface area contributed by atoms with Gasteiger partial charge in [0, 0.05) is 10.9 Å². The van der Waals surface area contributed by atoms with E-state index in [1.807, 2.05) is 30.5 Å². The summed E-state index contributed by atoms with van der Waals surface area (Å²) in [4.78, 5) is 30.2. The van der Waals surface area contributed by atoms with Crippen molar-refractivity contribution in [1.82, 2.24) is 9.66 Å². The molecule has 0 radical (unpaired) electrons. The van der Waals surface area contributed by atoms with Crippen LogP contribution in [0.3, 0.4) is 0 Å². The van der Waals surface area contributed by atoms with Gasteiger partial charge in [-0.05, 0) is 42.2 Å². The number of carbonyl (C=O) groups excluding carboxylic acids is 1. The number of aryl methyl sites for hydroxylation is 1. The maximum Gasteiger partial charge on any atom is 0.281 e. The number of thiophene rings is 1. The molecule has 0 unspecified atom stereocenters. The quantitative estimate of drug-likeness (QED) is 0.500. The van der Waals surface area contributed by atoms with Crippen LogP contribution in [-0.4, -0.2) is 22.2 Å². The number of ether oxygens (including phenoxy) is 1. The Labute approximate surface area is 176 Å². The first kappa shape index (κ1) is 19.9. The minimum Gasteiger partial charge on any atom is -0.483 e. The van der Waals surface area contributed by atoms with Crippen LogP contribution in [0.25, 0.3) is 21.5 Å². The molecule has 0 bridgehead atoms. The smallest absolute Gasteiger partial charge is 0.281 e. The molecule has 30 heavy (non-hydrogen) atoms. The van der Waals surface area contributed by atoms with Crippen molar-refractivity contribution in [2.75, 3.05) is 12.0 Å². The van der Waals surface area contributed by atoms with Crippen molar-refractivity contribution in [3.63, 3.8) is 0 Å². The second kappa shape index (κ2) is 8.16. The standard InChI is InChI=1S/C22H21N3O4S/c1-13(2)15-7-6-14(3)18(9-15)29-10-19(26)24-25-12-23-21-20(22(25)27)16(11-30-21)17-5-4-8-28-17/h4-9,11-13H,10H2,1-3H3,(H,24,26). The topological polar surface area (TPSA) is 86.4 Å². The Morgan fingerprint density at radius 1 is 1.33 bits per heavy atom. The van der Waals surface area contributed by atoms with Crippen molar-refractivity contribution in [3.8, 4) is 17.1 Å². The summed E-state index contributed by atoms with van der Waals surface area (Å²) >= 11 is 1.34. The van der Waals surface area contributed by atoms with E-state index < -0.39 is 5.91 Å². The SMILES string of the molecule is Cc1ccc(C(C)C)cc1OCC(=O)Nn1cnc2scc(-c3ccco3)c2c1=O. The Morgan fingerprint density at radius 2 is 2.17 bits per heavy atom. The predicted octanol–water partition coefficient (Wildman–Crippen LogP) is 4.30. The Hall–Kier alpha value is -3.39. The second-order valence-electron chi connectivity index (χ2n) is 7.23. The predicted molar refractivity (Wildman–Crippen MR) is 117 cm³/mol. The molecule has 1 aromatic carbocycles. The third kappa shape index (κ3) is 3.86. The number of rotatable bonds is 6. The van der Waals surface area contributed by atoms with Crippen LogP contribution in [-0.2, 0) is 4.79 Å². The molecule has 7 nitrogen and oxygen atoms in total. The maximum absolute atomic E-state index is 12.9. The largest absolute Gasteiger partial charge is 0.483 e. The highest BCUT2D eigenvalue weighted by Gasteiger charge is 2.16. The number of nitrogens with one attached hydrogen (secondary N) is 1. The number of benzene rings is 1. The molecule has 0 aliphatic carbocycles. The molecule has 0 aliphatic rings. The normalized spacial score (nSPS) is 11.2. The van der Waals surface area contributed by atoms with Crippen molar-refractivity contribution < 1.29 is 13.9 Å². The van der Waals surface area contributed by atoms with Crippen LogP contribution in [0.1, 0.15) is 30.9 Å². The molecular weight excluding hydrogens is 402 g/mol. The summed E-state index contributed by atoms with van der Waals surface area (Å²) in [5.74, 6) is 1.12. The molecule has 3 aromatic heterocycles. The zero-order valence-corrected chi connectivity index (χ0v) is 17.7. The fourth-order valence-electron chi connectivity index (χ4n) is 3.07. The summed E-state index contributed by atoms with van der Waals surface area (Å²) in [5, 5.41) is 2.22. The summed E-state index contributed by atoms with van der Waals surface area (Å²) in [5.41, 5.74) is 4.89. The molecule has 0 atom stereocenters. The average Bonchev–Trinajstić information content (AvgIpc) is 3.39. The molecule has 4 aromatic rings. The third-order valence-corrected chi connectivity index (χ3v) is 5.65. The lowest BCUT2D eigenvalue weighted by molar-refractivity contribution is -0.119. The van der Waals surface area contributed by atoms with Crippen LogP contribution in [0.5, 0.6) is 5.75 Å². The van der Waals surface area contributed by atoms with Crippen molar-refractivity contribution >= 4 is 27.5 Å². The molecule has 4 rings (SSSR count). The molecule has 0 fully saturated rings. The lowest BCUT2D eigenvalue weighted by Gasteiger charge is -2.13. The van der Waals surface area contributed by atoms with Gasteiger partial charge in [-0.2, -0.15) is 0 Å². The van der Waals surface area contributed by atoms with E-state index in [0.29, 0.717) is 33.2 Å². The maximum atomic E-state index is 12.9. The van der Waals surface area contributed by atoms with Gasteiger partial charge in [0.15, 0.2) is 6.61 Å². The number of fused-ring (bicyclic) bond motifs is 1. The molecule has 1 N–H and O–H groups in total. The highest BCUT2D eigenvalue weighted by molar-refractivity contribution is 7.17. The zero-order valence-electron chi connectivity index (χ0n) is 16.8. The van der Waals surface area contributed by atoms with E-state index in [9.17, 15) is 9.59 Å². The van der Waals surface area contributed by atoms with Crippen molar-refractivity contribution in [2.45, 2.75) is 26.7 Å². The molecule has 154 valence electrons. The Balaban J connectivity index is 1.53. The molecule has 0 aliphatic heterocycles. The van der Waals surface area contributed by atoms with Gasteiger partial charge in [0.05, 0.1) is 11.6 Å². The van der Waals surface area contributed by atoms with Gasteiger partial charge < -0.3 is 9.15 Å². The highest BCUT2D eigenvalue weighted by Crippen LogP contribution is 2.30. The van der Waals surface area contributed by atoms with E-state index >= 15 is 0 Å². The van der Waals surface area contributed by atoms with Crippen LogP contribution in [0, 0.1) is 6.92 Å². The van der Waals surface area contributed by atoms with E-state index in [4.69, 9.17) is 9.15 Å². The van der Waals surface area contributed by atoms with Gasteiger partial charge in [-0.1, -0.05) is 26.0 Å². The van der Waals surface area contributed by atoms with Crippen LogP contribution >= 0.6 is 11.3 Å². The zero-order chi connectivity index (χ0) is 21.3. The van der Waals surface area contributed by atoms with E-state index in [1.165, 1.54) is 17.7 Å². The lowest BCUT2D eigenvalue weighted by atomic mass is 10.0. The number of carbonyl (C=O) groups is 1. The first-order valence-corrected chi connectivity index (χ1v) is 10.4. The summed E-state index contributed by atoms with van der Waals surface area (Å²) in [6.07, 6.45) is 2.85. The number of hydrogen-bond acceptors (Lipinski definition) is 6.